The summed E-state index contributed by atoms with van der Waals surface area (Å²) in [6.45, 7) is 9.10. The van der Waals surface area contributed by atoms with Crippen molar-refractivity contribution in [2.75, 3.05) is 31.6 Å². The van der Waals surface area contributed by atoms with E-state index >= 15 is 0 Å². The number of carbonyl (C=O) groups excluding carboxylic acids is 2. The normalized spacial score (nSPS) is 14.4. The number of hydrogen-bond acceptors (Lipinski definition) is 8. The van der Waals surface area contributed by atoms with Gasteiger partial charge in [0, 0.05) is 25.7 Å². The van der Waals surface area contributed by atoms with E-state index in [1.807, 2.05) is 6.92 Å². The number of anilines is 1. The minimum atomic E-state index is -0.593. The average molecular weight is 496 g/mol. The molecule has 2 aromatic heterocycles. The maximum atomic E-state index is 13.0. The first-order valence-electron chi connectivity index (χ1n) is 11.7. The molecule has 1 fully saturated rings. The Balaban J connectivity index is 1.77. The van der Waals surface area contributed by atoms with E-state index in [-0.39, 0.29) is 24.1 Å². The van der Waals surface area contributed by atoms with E-state index in [2.05, 4.69) is 31.0 Å². The molecule has 0 aliphatic heterocycles. The molecule has 3 rings (SSSR count). The highest BCUT2D eigenvalue weighted by Gasteiger charge is 2.25. The molecule has 2 amide bonds. The van der Waals surface area contributed by atoms with Crippen molar-refractivity contribution in [3.8, 4) is 0 Å². The van der Waals surface area contributed by atoms with E-state index in [0.29, 0.717) is 42.7 Å². The molecule has 0 bridgehead atoms. The number of amides is 2. The second-order valence-electron chi connectivity index (χ2n) is 9.12. The van der Waals surface area contributed by atoms with Gasteiger partial charge in [0.05, 0.1) is 13.2 Å². The smallest absolute Gasteiger partial charge is 0.407 e. The first-order valence-corrected chi connectivity index (χ1v) is 12.1. The third kappa shape index (κ3) is 7.17. The fraction of sp³-hybridized carbons (Fsp3) is 0.682. The molecule has 0 aromatic carbocycles. The fourth-order valence-electron chi connectivity index (χ4n) is 3.77. The summed E-state index contributed by atoms with van der Waals surface area (Å²) in [6.07, 6.45) is 3.87. The summed E-state index contributed by atoms with van der Waals surface area (Å²) in [6, 6.07) is 0.292. The van der Waals surface area contributed by atoms with Gasteiger partial charge in [-0.1, -0.05) is 12.8 Å². The lowest BCUT2D eigenvalue weighted by atomic mass is 10.2. The van der Waals surface area contributed by atoms with Crippen molar-refractivity contribution in [1.29, 1.82) is 0 Å². The summed E-state index contributed by atoms with van der Waals surface area (Å²) in [4.78, 5) is 33.5. The van der Waals surface area contributed by atoms with Crippen molar-refractivity contribution in [3.05, 3.63) is 11.0 Å². The van der Waals surface area contributed by atoms with Crippen molar-refractivity contribution in [3.63, 3.8) is 0 Å². The van der Waals surface area contributed by atoms with E-state index in [0.717, 1.165) is 25.7 Å². The summed E-state index contributed by atoms with van der Waals surface area (Å²) in [5, 5.41) is 13.4. The number of aromatic nitrogens is 4. The molecule has 3 N–H and O–H groups in total. The van der Waals surface area contributed by atoms with Crippen LogP contribution in [0.3, 0.4) is 0 Å². The Labute approximate surface area is 204 Å². The monoisotopic (exact) mass is 495 g/mol. The van der Waals surface area contributed by atoms with Crippen LogP contribution in [0.2, 0.25) is 5.28 Å². The Morgan fingerprint density at radius 1 is 1.15 bits per heavy atom. The van der Waals surface area contributed by atoms with Gasteiger partial charge >= 0.3 is 6.09 Å². The minimum absolute atomic E-state index is 0.0398. The van der Waals surface area contributed by atoms with Crippen LogP contribution in [0, 0.1) is 0 Å². The Morgan fingerprint density at radius 2 is 1.85 bits per heavy atom. The van der Waals surface area contributed by atoms with Crippen molar-refractivity contribution in [1.82, 2.24) is 30.4 Å². The second-order valence-corrected chi connectivity index (χ2v) is 9.46. The molecular formula is C22H34ClN7O4. The standard InChI is InChI=1S/C22H34ClN7O4/c1-5-33-13-12-30-17-15(27-20(23)28-18(17)26-14-8-6-7-9-14)16(29-30)19(31)24-10-11-25-21(32)34-22(2,3)4/h14H,5-13H2,1-4H3,(H,24,31)(H,25,32)(H,26,27,28). The molecule has 188 valence electrons. The number of hydrogen-bond donors (Lipinski definition) is 3. The zero-order valence-corrected chi connectivity index (χ0v) is 21.0. The lowest BCUT2D eigenvalue weighted by molar-refractivity contribution is 0.0526. The fourth-order valence-corrected chi connectivity index (χ4v) is 3.94. The van der Waals surface area contributed by atoms with Gasteiger partial charge in [0.15, 0.2) is 11.5 Å². The molecule has 0 saturated heterocycles. The quantitative estimate of drug-likeness (QED) is 0.338. The van der Waals surface area contributed by atoms with E-state index in [9.17, 15) is 9.59 Å². The molecule has 1 saturated carbocycles. The van der Waals surface area contributed by atoms with E-state index < -0.39 is 17.6 Å². The lowest BCUT2D eigenvalue weighted by Crippen LogP contribution is -2.38. The number of rotatable bonds is 10. The summed E-state index contributed by atoms with van der Waals surface area (Å²) >= 11 is 6.22. The maximum Gasteiger partial charge on any atom is 0.407 e. The van der Waals surface area contributed by atoms with E-state index in [1.54, 1.807) is 25.5 Å². The molecule has 1 aliphatic carbocycles. The van der Waals surface area contributed by atoms with Crippen LogP contribution in [-0.2, 0) is 16.0 Å². The first kappa shape index (κ1) is 26.0. The van der Waals surface area contributed by atoms with Crippen LogP contribution in [0.4, 0.5) is 10.6 Å². The molecule has 2 heterocycles. The van der Waals surface area contributed by atoms with Gasteiger partial charge in [0.1, 0.15) is 16.6 Å². The van der Waals surface area contributed by atoms with Crippen LogP contribution in [0.25, 0.3) is 11.0 Å². The van der Waals surface area contributed by atoms with Crippen molar-refractivity contribution in [2.45, 2.75) is 71.6 Å². The molecule has 34 heavy (non-hydrogen) atoms. The Bertz CT molecular complexity index is 999. The largest absolute Gasteiger partial charge is 0.444 e. The van der Waals surface area contributed by atoms with Gasteiger partial charge in [0.25, 0.3) is 5.91 Å². The first-order chi connectivity index (χ1) is 16.2. The van der Waals surface area contributed by atoms with Gasteiger partial charge in [0.2, 0.25) is 5.28 Å². The molecule has 2 aromatic rings. The van der Waals surface area contributed by atoms with Gasteiger partial charge in [-0.05, 0) is 52.1 Å². The van der Waals surface area contributed by atoms with Crippen LogP contribution >= 0.6 is 11.6 Å². The highest BCUT2D eigenvalue weighted by molar-refractivity contribution is 6.29. The van der Waals surface area contributed by atoms with Crippen molar-refractivity contribution < 1.29 is 19.1 Å². The predicted molar refractivity (Wildman–Crippen MR) is 129 cm³/mol. The zero-order valence-electron chi connectivity index (χ0n) is 20.2. The van der Waals surface area contributed by atoms with Crippen LogP contribution in [0.1, 0.15) is 63.9 Å². The van der Waals surface area contributed by atoms with Gasteiger partial charge < -0.3 is 25.4 Å². The Hall–Kier alpha value is -2.66. The third-order valence-electron chi connectivity index (χ3n) is 5.20. The highest BCUT2D eigenvalue weighted by Crippen LogP contribution is 2.29. The van der Waals surface area contributed by atoms with Crippen LogP contribution in [0.15, 0.2) is 0 Å². The maximum absolute atomic E-state index is 13.0. The SMILES string of the molecule is CCOCCn1nc(C(=O)NCCNC(=O)OC(C)(C)C)c2nc(Cl)nc(NC3CCCC3)c21. The van der Waals surface area contributed by atoms with Gasteiger partial charge in [-0.15, -0.1) is 0 Å². The topological polar surface area (TPSA) is 132 Å². The highest BCUT2D eigenvalue weighted by atomic mass is 35.5. The molecule has 0 radical (unpaired) electrons. The molecule has 1 aliphatic rings. The minimum Gasteiger partial charge on any atom is -0.444 e. The average Bonchev–Trinajstić information content (AvgIpc) is 3.38. The van der Waals surface area contributed by atoms with E-state index in [1.165, 1.54) is 0 Å². The Morgan fingerprint density at radius 3 is 2.53 bits per heavy atom. The van der Waals surface area contributed by atoms with Gasteiger partial charge in [-0.2, -0.15) is 10.1 Å². The summed E-state index contributed by atoms with van der Waals surface area (Å²) < 4.78 is 12.4. The Kier molecular flexibility index (Phi) is 8.90. The molecular weight excluding hydrogens is 462 g/mol. The number of ether oxygens (including phenoxy) is 2. The number of alkyl carbamates (subject to hydrolysis) is 1. The summed E-state index contributed by atoms with van der Waals surface area (Å²) in [7, 11) is 0. The second kappa shape index (κ2) is 11.7. The van der Waals surface area contributed by atoms with Gasteiger partial charge in [-0.25, -0.2) is 9.78 Å². The molecule has 12 heteroatoms. The molecule has 0 unspecified atom stereocenters. The third-order valence-corrected chi connectivity index (χ3v) is 5.37. The molecule has 0 atom stereocenters. The van der Waals surface area contributed by atoms with Crippen molar-refractivity contribution >= 4 is 40.5 Å². The molecule has 11 nitrogen and oxygen atoms in total. The lowest BCUT2D eigenvalue weighted by Gasteiger charge is -2.19. The summed E-state index contributed by atoms with van der Waals surface area (Å²) in [5.41, 5.74) is 0.536. The number of fused-ring (bicyclic) bond motifs is 1. The number of halogens is 1. The number of nitrogens with one attached hydrogen (secondary N) is 3. The molecule has 0 spiro atoms. The van der Waals surface area contributed by atoms with Gasteiger partial charge in [-0.3, -0.25) is 9.48 Å². The predicted octanol–water partition coefficient (Wildman–Crippen LogP) is 3.13. The van der Waals surface area contributed by atoms with Crippen molar-refractivity contribution in [2.24, 2.45) is 0 Å². The number of nitrogens with zero attached hydrogens (tertiary/aromatic N) is 4. The van der Waals surface area contributed by atoms with E-state index in [4.69, 9.17) is 21.1 Å². The van der Waals surface area contributed by atoms with Crippen LogP contribution in [-0.4, -0.2) is 69.7 Å². The zero-order chi connectivity index (χ0) is 24.7. The number of carbonyl (C=O) groups is 2. The van der Waals surface area contributed by atoms with Crippen LogP contribution < -0.4 is 16.0 Å². The summed E-state index contributed by atoms with van der Waals surface area (Å²) in [5.74, 6) is 0.143. The van der Waals surface area contributed by atoms with Crippen LogP contribution in [0.5, 0.6) is 0 Å².